The number of hydroxylamine groups is 1. The molecule has 0 aliphatic heterocycles. The molecule has 156 valence electrons. The molecule has 0 saturated heterocycles. The van der Waals surface area contributed by atoms with Gasteiger partial charge in [0.25, 0.3) is 5.91 Å². The number of primary amides is 1. The summed E-state index contributed by atoms with van der Waals surface area (Å²) in [4.78, 5) is 45.9. The van der Waals surface area contributed by atoms with Gasteiger partial charge in [0.15, 0.2) is 6.10 Å². The molecule has 5 N–H and O–H groups in total. The molecule has 3 atom stereocenters. The Morgan fingerprint density at radius 1 is 1.17 bits per heavy atom. The zero-order chi connectivity index (χ0) is 21.8. The monoisotopic (exact) mass is 402 g/mol. The third-order valence-electron chi connectivity index (χ3n) is 4.48. The zero-order valence-corrected chi connectivity index (χ0v) is 16.8. The number of carbonyl (C=O) groups is 3. The second-order valence-corrected chi connectivity index (χ2v) is 7.76. The minimum Gasteiger partial charge on any atom is -0.382 e. The molecule has 3 amide bonds. The van der Waals surface area contributed by atoms with Crippen LogP contribution < -0.4 is 16.5 Å². The minimum atomic E-state index is -1.79. The quantitative estimate of drug-likeness (QED) is 0.493. The van der Waals surface area contributed by atoms with Crippen LogP contribution in [0.2, 0.25) is 0 Å². The summed E-state index contributed by atoms with van der Waals surface area (Å²) in [7, 11) is 1.21. The van der Waals surface area contributed by atoms with E-state index >= 15 is 0 Å². The molecule has 0 aliphatic carbocycles. The summed E-state index contributed by atoms with van der Waals surface area (Å²) in [6, 6.07) is 7.87. The lowest BCUT2D eigenvalue weighted by Gasteiger charge is -2.31. The number of aromatic nitrogens is 1. The van der Waals surface area contributed by atoms with Gasteiger partial charge in [0.2, 0.25) is 11.8 Å². The van der Waals surface area contributed by atoms with Gasteiger partial charge >= 0.3 is 0 Å². The third kappa shape index (κ3) is 5.27. The number of nitrogens with one attached hydrogen (secondary N) is 2. The van der Waals surface area contributed by atoms with Gasteiger partial charge in [-0.2, -0.15) is 0 Å². The summed E-state index contributed by atoms with van der Waals surface area (Å²) in [6.45, 7) is 5.22. The number of fused-ring (bicyclic) bond motifs is 1. The van der Waals surface area contributed by atoms with Crippen LogP contribution >= 0.6 is 0 Å². The summed E-state index contributed by atoms with van der Waals surface area (Å²) < 4.78 is 0. The molecule has 2 rings (SSSR count). The summed E-state index contributed by atoms with van der Waals surface area (Å²) >= 11 is 0. The first-order chi connectivity index (χ1) is 13.6. The van der Waals surface area contributed by atoms with Crippen LogP contribution in [0.25, 0.3) is 10.9 Å². The van der Waals surface area contributed by atoms with E-state index in [0.717, 1.165) is 5.39 Å². The number of amides is 3. The topological polar surface area (TPSA) is 144 Å². The Morgan fingerprint density at radius 2 is 1.83 bits per heavy atom. The highest BCUT2D eigenvalue weighted by atomic mass is 16.6. The van der Waals surface area contributed by atoms with E-state index in [4.69, 9.17) is 5.73 Å². The predicted octanol–water partition coefficient (Wildman–Crippen LogP) is 0.373. The Balaban J connectivity index is 2.47. The maximum atomic E-state index is 13.1. The number of pyridine rings is 1. The molecule has 9 heteroatoms. The summed E-state index contributed by atoms with van der Waals surface area (Å²) in [5.41, 5.74) is 7.77. The first-order valence-corrected chi connectivity index (χ1v) is 9.01. The highest BCUT2D eigenvalue weighted by Gasteiger charge is 2.38. The second kappa shape index (κ2) is 8.97. The Labute approximate surface area is 168 Å². The Bertz CT molecular complexity index is 909. The highest BCUT2D eigenvalue weighted by Crippen LogP contribution is 2.26. The van der Waals surface area contributed by atoms with Crippen molar-refractivity contribution in [3.05, 3.63) is 42.1 Å². The smallest absolute Gasteiger partial charge is 0.273 e. The molecule has 1 heterocycles. The van der Waals surface area contributed by atoms with E-state index in [0.29, 0.717) is 11.1 Å². The fourth-order valence-corrected chi connectivity index (χ4v) is 2.99. The van der Waals surface area contributed by atoms with E-state index in [2.05, 4.69) is 15.1 Å². The van der Waals surface area contributed by atoms with Crippen LogP contribution in [-0.2, 0) is 19.2 Å². The number of aliphatic hydroxyl groups is 1. The SMILES string of the molecule is CONC(=O)[C@@H](O)C(C(=O)N[C@H](C(N)=O)C(C)(C)C)c1cnc2ccccc2c1. The lowest BCUT2D eigenvalue weighted by molar-refractivity contribution is -0.145. The van der Waals surface area contributed by atoms with Crippen molar-refractivity contribution < 1.29 is 24.3 Å². The molecule has 29 heavy (non-hydrogen) atoms. The molecular weight excluding hydrogens is 376 g/mol. The van der Waals surface area contributed by atoms with E-state index in [-0.39, 0.29) is 0 Å². The molecule has 0 saturated carbocycles. The Kier molecular flexibility index (Phi) is 6.89. The molecule has 1 aromatic carbocycles. The van der Waals surface area contributed by atoms with Crippen molar-refractivity contribution in [1.82, 2.24) is 15.8 Å². The molecule has 1 aromatic heterocycles. The normalized spacial score (nSPS) is 14.7. The Hall–Kier alpha value is -3.04. The van der Waals surface area contributed by atoms with Crippen molar-refractivity contribution in [1.29, 1.82) is 0 Å². The van der Waals surface area contributed by atoms with Crippen LogP contribution in [0.4, 0.5) is 0 Å². The van der Waals surface area contributed by atoms with Crippen molar-refractivity contribution >= 4 is 28.6 Å². The fourth-order valence-electron chi connectivity index (χ4n) is 2.99. The molecule has 9 nitrogen and oxygen atoms in total. The maximum absolute atomic E-state index is 13.1. The van der Waals surface area contributed by atoms with Crippen LogP contribution in [0, 0.1) is 5.41 Å². The van der Waals surface area contributed by atoms with E-state index in [1.54, 1.807) is 45.0 Å². The van der Waals surface area contributed by atoms with Crippen LogP contribution in [0.1, 0.15) is 32.3 Å². The number of hydrogen-bond donors (Lipinski definition) is 4. The third-order valence-corrected chi connectivity index (χ3v) is 4.48. The van der Waals surface area contributed by atoms with Gasteiger partial charge in [-0.05, 0) is 23.1 Å². The number of carbonyl (C=O) groups excluding carboxylic acids is 3. The molecule has 0 aliphatic rings. The summed E-state index contributed by atoms with van der Waals surface area (Å²) in [5, 5.41) is 13.8. The number of para-hydroxylation sites is 1. The average Bonchev–Trinajstić information content (AvgIpc) is 2.65. The minimum absolute atomic E-state index is 0.303. The van der Waals surface area contributed by atoms with Gasteiger partial charge in [-0.15, -0.1) is 0 Å². The van der Waals surface area contributed by atoms with Crippen molar-refractivity contribution in [3.63, 3.8) is 0 Å². The van der Waals surface area contributed by atoms with Gasteiger partial charge in [-0.1, -0.05) is 39.0 Å². The first-order valence-electron chi connectivity index (χ1n) is 9.01. The zero-order valence-electron chi connectivity index (χ0n) is 16.8. The van der Waals surface area contributed by atoms with Crippen molar-refractivity contribution in [2.75, 3.05) is 7.11 Å². The number of nitrogens with zero attached hydrogens (tertiary/aromatic N) is 1. The largest absolute Gasteiger partial charge is 0.382 e. The molecule has 0 fully saturated rings. The lowest BCUT2D eigenvalue weighted by Crippen LogP contribution is -2.55. The summed E-state index contributed by atoms with van der Waals surface area (Å²) in [5.74, 6) is -3.71. The van der Waals surface area contributed by atoms with E-state index in [1.807, 2.05) is 11.5 Å². The highest BCUT2D eigenvalue weighted by molar-refractivity contribution is 5.95. The average molecular weight is 402 g/mol. The number of nitrogens with two attached hydrogens (primary N) is 1. The summed E-state index contributed by atoms with van der Waals surface area (Å²) in [6.07, 6.45) is -0.377. The van der Waals surface area contributed by atoms with E-state index < -0.39 is 41.2 Å². The van der Waals surface area contributed by atoms with Crippen LogP contribution in [0.15, 0.2) is 36.5 Å². The van der Waals surface area contributed by atoms with Crippen LogP contribution in [-0.4, -0.2) is 47.1 Å². The second-order valence-electron chi connectivity index (χ2n) is 7.76. The van der Waals surface area contributed by atoms with Crippen LogP contribution in [0.5, 0.6) is 0 Å². The van der Waals surface area contributed by atoms with E-state index in [9.17, 15) is 19.5 Å². The Morgan fingerprint density at radius 3 is 2.41 bits per heavy atom. The van der Waals surface area contributed by atoms with Gasteiger partial charge in [0.1, 0.15) is 6.04 Å². The molecule has 0 bridgehead atoms. The standard InChI is InChI=1S/C20H26N4O5/c1-20(2,3)16(17(21)26)23-18(27)14(15(25)19(28)24-29-4)12-9-11-7-5-6-8-13(11)22-10-12/h5-10,14-16,25H,1-4H3,(H2,21,26)(H,23,27)(H,24,28)/t14?,15-,16+/m0/s1. The van der Waals surface area contributed by atoms with Crippen molar-refractivity contribution in [2.24, 2.45) is 11.1 Å². The molecule has 0 radical (unpaired) electrons. The molecule has 2 aromatic rings. The predicted molar refractivity (Wildman–Crippen MR) is 106 cm³/mol. The van der Waals surface area contributed by atoms with Gasteiger partial charge in [0, 0.05) is 11.6 Å². The molecule has 0 spiro atoms. The van der Waals surface area contributed by atoms with Crippen molar-refractivity contribution in [2.45, 2.75) is 38.8 Å². The molecule has 1 unspecified atom stereocenters. The van der Waals surface area contributed by atoms with Gasteiger partial charge in [-0.25, -0.2) is 5.48 Å². The van der Waals surface area contributed by atoms with Gasteiger partial charge < -0.3 is 16.2 Å². The van der Waals surface area contributed by atoms with Crippen molar-refractivity contribution in [3.8, 4) is 0 Å². The molecular formula is C20H26N4O5. The first kappa shape index (κ1) is 22.3. The number of hydrogen-bond acceptors (Lipinski definition) is 6. The lowest BCUT2D eigenvalue weighted by atomic mass is 9.85. The number of aliphatic hydroxyl groups excluding tert-OH is 1. The maximum Gasteiger partial charge on any atom is 0.273 e. The van der Waals surface area contributed by atoms with Gasteiger partial charge in [0.05, 0.1) is 18.5 Å². The fraction of sp³-hybridized carbons (Fsp3) is 0.400. The van der Waals surface area contributed by atoms with E-state index in [1.165, 1.54) is 13.3 Å². The number of benzene rings is 1. The van der Waals surface area contributed by atoms with Crippen LogP contribution in [0.3, 0.4) is 0 Å². The van der Waals surface area contributed by atoms with Gasteiger partial charge in [-0.3, -0.25) is 24.2 Å². The number of rotatable bonds is 7.